The molecule has 0 atom stereocenters. The monoisotopic (exact) mass is 454 g/mol. The molecule has 1 heterocycles. The van der Waals surface area contributed by atoms with E-state index in [1.54, 1.807) is 0 Å². The molecule has 1 aromatic carbocycles. The molecular formula is C21H25F3N4O2S. The second-order valence-corrected chi connectivity index (χ2v) is 8.64. The molecule has 1 aromatic heterocycles. The minimum absolute atomic E-state index is 0.0696. The Morgan fingerprint density at radius 2 is 1.90 bits per heavy atom. The average Bonchev–Trinajstić information content (AvgIpc) is 3.47. The van der Waals surface area contributed by atoms with Gasteiger partial charge in [-0.05, 0) is 67.8 Å². The summed E-state index contributed by atoms with van der Waals surface area (Å²) in [5.41, 5.74) is 6.55. The summed E-state index contributed by atoms with van der Waals surface area (Å²) in [4.78, 5) is 18.9. The lowest BCUT2D eigenvalue weighted by Crippen LogP contribution is -2.17. The minimum Gasteiger partial charge on any atom is -0.481 e. The number of anilines is 2. The molecule has 6 nitrogen and oxygen atoms in total. The highest BCUT2D eigenvalue weighted by Crippen LogP contribution is 2.49. The molecule has 31 heavy (non-hydrogen) atoms. The molecule has 1 fully saturated rings. The Hall–Kier alpha value is -2.75. The van der Waals surface area contributed by atoms with Crippen LogP contribution in [0.5, 0.6) is 0 Å². The molecular weight excluding hydrogens is 429 g/mol. The summed E-state index contributed by atoms with van der Waals surface area (Å²) in [6, 6.07) is 6.44. The highest BCUT2D eigenvalue weighted by Gasteiger charge is 2.49. The summed E-state index contributed by atoms with van der Waals surface area (Å²) < 4.78 is 37.6. The molecule has 1 saturated carbocycles. The quantitative estimate of drug-likeness (QED) is 0.547. The van der Waals surface area contributed by atoms with Crippen LogP contribution in [0.3, 0.4) is 0 Å². The standard InChI is InChI=1S/C13H12F3N3.C8H13NO2S/c1-8-5-9(2)7-10(6-8)18-12-17-4-3-11(19-12)13(14,15)16;1-6(4-9)12-5-8(2-3-8)7(10)11/h3-7H,1-2H3,(H,17,18,19);4H,2-3,5,9H2,1H3,(H,10,11)/b;6-4-. The fraction of sp³-hybridized carbons (Fsp3) is 0.381. The molecule has 4 N–H and O–H groups in total. The van der Waals surface area contributed by atoms with Crippen molar-refractivity contribution in [1.82, 2.24) is 9.97 Å². The minimum atomic E-state index is -4.47. The number of hydrogen-bond donors (Lipinski definition) is 3. The number of benzene rings is 1. The Morgan fingerprint density at radius 1 is 1.29 bits per heavy atom. The number of hydrogen-bond acceptors (Lipinski definition) is 6. The Morgan fingerprint density at radius 3 is 2.39 bits per heavy atom. The maximum atomic E-state index is 12.5. The van der Waals surface area contributed by atoms with Crippen LogP contribution in [0.2, 0.25) is 0 Å². The summed E-state index contributed by atoms with van der Waals surface area (Å²) in [7, 11) is 0. The van der Waals surface area contributed by atoms with Gasteiger partial charge in [0.2, 0.25) is 5.95 Å². The number of carbonyl (C=O) groups is 1. The second-order valence-electron chi connectivity index (χ2n) is 7.42. The predicted octanol–water partition coefficient (Wildman–Crippen LogP) is 5.26. The Balaban J connectivity index is 0.000000245. The van der Waals surface area contributed by atoms with Crippen molar-refractivity contribution in [2.24, 2.45) is 11.1 Å². The number of aryl methyl sites for hydroxylation is 2. The van der Waals surface area contributed by atoms with Gasteiger partial charge in [0.25, 0.3) is 0 Å². The average molecular weight is 455 g/mol. The van der Waals surface area contributed by atoms with E-state index < -0.39 is 23.3 Å². The fourth-order valence-corrected chi connectivity index (χ4v) is 3.64. The number of carboxylic acids is 1. The molecule has 0 amide bonds. The van der Waals surface area contributed by atoms with E-state index >= 15 is 0 Å². The molecule has 0 bridgehead atoms. The summed E-state index contributed by atoms with van der Waals surface area (Å²) >= 11 is 1.53. The number of nitrogens with one attached hydrogen (secondary N) is 1. The van der Waals surface area contributed by atoms with E-state index in [2.05, 4.69) is 15.3 Å². The summed E-state index contributed by atoms with van der Waals surface area (Å²) in [5.74, 6) is -0.0818. The molecule has 3 rings (SSSR count). The van der Waals surface area contributed by atoms with E-state index in [0.29, 0.717) is 11.4 Å². The van der Waals surface area contributed by atoms with E-state index in [-0.39, 0.29) is 5.95 Å². The van der Waals surface area contributed by atoms with Crippen LogP contribution in [0.15, 0.2) is 41.6 Å². The van der Waals surface area contributed by atoms with Crippen LogP contribution in [0.4, 0.5) is 24.8 Å². The Bertz CT molecular complexity index is 940. The van der Waals surface area contributed by atoms with Gasteiger partial charge in [0.15, 0.2) is 0 Å². The SMILES string of the molecule is C/C(=C/N)SCC1(C(=O)O)CC1.Cc1cc(C)cc(Nc2nccc(C(F)(F)F)n2)c1. The molecule has 1 aliphatic carbocycles. The molecule has 0 aliphatic heterocycles. The maximum Gasteiger partial charge on any atom is 0.433 e. The molecule has 0 radical (unpaired) electrons. The van der Waals surface area contributed by atoms with Gasteiger partial charge in [0.1, 0.15) is 5.69 Å². The van der Waals surface area contributed by atoms with Gasteiger partial charge in [-0.2, -0.15) is 13.2 Å². The first-order chi connectivity index (χ1) is 14.4. The summed E-state index contributed by atoms with van der Waals surface area (Å²) in [6.45, 7) is 5.71. The summed E-state index contributed by atoms with van der Waals surface area (Å²) in [6.07, 6.45) is -0.244. The number of thioether (sulfide) groups is 1. The van der Waals surface area contributed by atoms with Crippen LogP contribution in [0, 0.1) is 19.3 Å². The van der Waals surface area contributed by atoms with E-state index in [4.69, 9.17) is 10.8 Å². The van der Waals surface area contributed by atoms with Crippen LogP contribution in [0.25, 0.3) is 0 Å². The van der Waals surface area contributed by atoms with Crippen molar-refractivity contribution in [3.63, 3.8) is 0 Å². The number of rotatable bonds is 6. The topological polar surface area (TPSA) is 101 Å². The van der Waals surface area contributed by atoms with E-state index in [0.717, 1.165) is 41.1 Å². The highest BCUT2D eigenvalue weighted by molar-refractivity contribution is 8.03. The molecule has 0 spiro atoms. The predicted molar refractivity (Wildman–Crippen MR) is 116 cm³/mol. The first-order valence-corrected chi connectivity index (χ1v) is 10.4. The van der Waals surface area contributed by atoms with Crippen LogP contribution in [-0.4, -0.2) is 26.8 Å². The first-order valence-electron chi connectivity index (χ1n) is 9.45. The van der Waals surface area contributed by atoms with Crippen molar-refractivity contribution in [3.8, 4) is 0 Å². The van der Waals surface area contributed by atoms with Gasteiger partial charge in [0, 0.05) is 23.8 Å². The number of aromatic nitrogens is 2. The normalized spacial score (nSPS) is 15.0. The van der Waals surface area contributed by atoms with Crippen LogP contribution < -0.4 is 11.1 Å². The Labute approximate surface area is 183 Å². The van der Waals surface area contributed by atoms with Gasteiger partial charge in [-0.3, -0.25) is 4.79 Å². The Kier molecular flexibility index (Phi) is 7.94. The lowest BCUT2D eigenvalue weighted by atomic mass is 10.1. The van der Waals surface area contributed by atoms with Crippen molar-refractivity contribution in [3.05, 3.63) is 58.4 Å². The number of alkyl halides is 3. The van der Waals surface area contributed by atoms with Gasteiger partial charge in [-0.1, -0.05) is 6.07 Å². The van der Waals surface area contributed by atoms with Gasteiger partial charge in [0.05, 0.1) is 5.41 Å². The number of allylic oxidation sites excluding steroid dienone is 1. The zero-order valence-corrected chi connectivity index (χ0v) is 18.3. The lowest BCUT2D eigenvalue weighted by Gasteiger charge is -2.09. The highest BCUT2D eigenvalue weighted by atomic mass is 32.2. The lowest BCUT2D eigenvalue weighted by molar-refractivity contribution is -0.142. The zero-order valence-electron chi connectivity index (χ0n) is 17.5. The first kappa shape index (κ1) is 24.5. The largest absolute Gasteiger partial charge is 0.481 e. The third kappa shape index (κ3) is 7.46. The zero-order chi connectivity index (χ0) is 23.2. The van der Waals surface area contributed by atoms with Gasteiger partial charge in [-0.25, -0.2) is 9.97 Å². The number of halogens is 3. The van der Waals surface area contributed by atoms with Gasteiger partial charge in [-0.15, -0.1) is 11.8 Å². The number of aliphatic carboxylic acids is 1. The molecule has 2 aromatic rings. The number of carboxylic acid groups (broad SMARTS) is 1. The molecule has 0 saturated heterocycles. The third-order valence-electron chi connectivity index (χ3n) is 4.54. The van der Waals surface area contributed by atoms with Crippen molar-refractivity contribution in [1.29, 1.82) is 0 Å². The van der Waals surface area contributed by atoms with Gasteiger partial charge < -0.3 is 16.2 Å². The third-order valence-corrected chi connectivity index (χ3v) is 5.83. The molecule has 168 valence electrons. The smallest absolute Gasteiger partial charge is 0.433 e. The van der Waals surface area contributed by atoms with E-state index in [1.807, 2.05) is 39.0 Å². The summed E-state index contributed by atoms with van der Waals surface area (Å²) in [5, 5.41) is 11.6. The van der Waals surface area contributed by atoms with Crippen molar-refractivity contribution in [2.45, 2.75) is 39.8 Å². The van der Waals surface area contributed by atoms with Crippen molar-refractivity contribution < 1.29 is 23.1 Å². The maximum absolute atomic E-state index is 12.5. The van der Waals surface area contributed by atoms with E-state index in [9.17, 15) is 18.0 Å². The van der Waals surface area contributed by atoms with E-state index in [1.165, 1.54) is 18.0 Å². The van der Waals surface area contributed by atoms with Crippen LogP contribution >= 0.6 is 11.8 Å². The van der Waals surface area contributed by atoms with Crippen molar-refractivity contribution in [2.75, 3.05) is 11.1 Å². The van der Waals surface area contributed by atoms with Gasteiger partial charge >= 0.3 is 12.1 Å². The number of nitrogens with two attached hydrogens (primary N) is 1. The van der Waals surface area contributed by atoms with Crippen molar-refractivity contribution >= 4 is 29.4 Å². The van der Waals surface area contributed by atoms with Crippen LogP contribution in [0.1, 0.15) is 36.6 Å². The number of nitrogens with zero attached hydrogens (tertiary/aromatic N) is 2. The second kappa shape index (κ2) is 10.0. The molecule has 10 heteroatoms. The molecule has 0 unspecified atom stereocenters. The molecule has 1 aliphatic rings. The van der Waals surface area contributed by atoms with Crippen LogP contribution in [-0.2, 0) is 11.0 Å². The fourth-order valence-electron chi connectivity index (χ4n) is 2.62.